The summed E-state index contributed by atoms with van der Waals surface area (Å²) in [5.41, 5.74) is 3.58. The van der Waals surface area contributed by atoms with Crippen LogP contribution in [-0.2, 0) is 0 Å². The van der Waals surface area contributed by atoms with Crippen LogP contribution in [0.5, 0.6) is 0 Å². The molecule has 0 bridgehead atoms. The van der Waals surface area contributed by atoms with Gasteiger partial charge in [-0.05, 0) is 49.7 Å². The summed E-state index contributed by atoms with van der Waals surface area (Å²) in [7, 11) is 0. The fourth-order valence-corrected chi connectivity index (χ4v) is 3.60. The molecule has 2 aromatic heterocycles. The summed E-state index contributed by atoms with van der Waals surface area (Å²) in [6.07, 6.45) is 3.68. The first kappa shape index (κ1) is 20.7. The minimum Gasteiger partial charge on any atom is -0.348 e. The van der Waals surface area contributed by atoms with E-state index in [0.717, 1.165) is 29.5 Å². The highest BCUT2D eigenvalue weighted by molar-refractivity contribution is 6.31. The first-order valence-electron chi connectivity index (χ1n) is 10.3. The number of carbonyl (C=O) groups excluding carboxylic acids is 1. The van der Waals surface area contributed by atoms with E-state index in [0.29, 0.717) is 21.9 Å². The lowest BCUT2D eigenvalue weighted by Crippen LogP contribution is -2.41. The van der Waals surface area contributed by atoms with Crippen molar-refractivity contribution >= 4 is 23.0 Å². The van der Waals surface area contributed by atoms with Crippen molar-refractivity contribution in [2.24, 2.45) is 5.41 Å². The van der Waals surface area contributed by atoms with E-state index < -0.39 is 0 Å². The maximum atomic E-state index is 13.1. The van der Waals surface area contributed by atoms with Crippen molar-refractivity contribution in [1.29, 1.82) is 0 Å². The molecule has 0 spiro atoms. The Labute approximate surface area is 180 Å². The number of nitrogens with zero attached hydrogens (tertiary/aromatic N) is 2. The summed E-state index contributed by atoms with van der Waals surface area (Å²) in [4.78, 5) is 29.0. The number of halogens is 1. The van der Waals surface area contributed by atoms with Crippen LogP contribution in [0.15, 0.2) is 29.2 Å². The van der Waals surface area contributed by atoms with Crippen LogP contribution in [0.3, 0.4) is 0 Å². The van der Waals surface area contributed by atoms with Crippen LogP contribution in [0, 0.1) is 12.3 Å². The van der Waals surface area contributed by atoms with E-state index in [-0.39, 0.29) is 28.8 Å². The zero-order valence-electron chi connectivity index (χ0n) is 18.0. The highest BCUT2D eigenvalue weighted by Gasteiger charge is 2.35. The van der Waals surface area contributed by atoms with Crippen LogP contribution in [0.1, 0.15) is 68.1 Å². The second-order valence-corrected chi connectivity index (χ2v) is 9.76. The van der Waals surface area contributed by atoms with Crippen molar-refractivity contribution in [3.8, 4) is 11.3 Å². The molecule has 1 fully saturated rings. The first-order valence-corrected chi connectivity index (χ1v) is 10.7. The number of hydrogen-bond acceptors (Lipinski definition) is 3. The summed E-state index contributed by atoms with van der Waals surface area (Å²) >= 11 is 6.26. The molecule has 1 atom stereocenters. The molecule has 4 rings (SSSR count). The molecule has 6 nitrogen and oxygen atoms in total. The van der Waals surface area contributed by atoms with Crippen molar-refractivity contribution in [1.82, 2.24) is 19.9 Å². The standard InChI is InChI=1S/C23H27ClN4O2/c1-12-6-7-15(10-16(12)24)17-11-28-20(22(30)26-17)18(14-8-9-14)19(27-28)21(29)25-13(2)23(3,4)5/h6-7,10-11,13-14H,8-9H2,1-5H3,(H,25,29)(H,26,30)/t13-/m1/s1. The predicted octanol–water partition coefficient (Wildman–Crippen LogP) is 4.69. The average molecular weight is 427 g/mol. The summed E-state index contributed by atoms with van der Waals surface area (Å²) in [6.45, 7) is 10.1. The van der Waals surface area contributed by atoms with Crippen molar-refractivity contribution < 1.29 is 4.79 Å². The highest BCUT2D eigenvalue weighted by atomic mass is 35.5. The summed E-state index contributed by atoms with van der Waals surface area (Å²) in [6, 6.07) is 5.59. The third-order valence-corrected chi connectivity index (χ3v) is 6.40. The number of hydrogen-bond donors (Lipinski definition) is 2. The van der Waals surface area contributed by atoms with Gasteiger partial charge in [0, 0.05) is 22.2 Å². The van der Waals surface area contributed by atoms with Gasteiger partial charge in [0.1, 0.15) is 5.52 Å². The van der Waals surface area contributed by atoms with E-state index in [1.165, 1.54) is 0 Å². The molecule has 158 valence electrons. The maximum Gasteiger partial charge on any atom is 0.274 e. The SMILES string of the molecule is Cc1ccc(-c2cn3nc(C(=O)N[C@H](C)C(C)(C)C)c(C4CC4)c3c(=O)[nH]2)cc1Cl. The number of aromatic amines is 1. The number of benzene rings is 1. The zero-order chi connectivity index (χ0) is 21.8. The van der Waals surface area contributed by atoms with E-state index in [2.05, 4.69) is 36.2 Å². The number of carbonyl (C=O) groups is 1. The van der Waals surface area contributed by atoms with Gasteiger partial charge in [-0.3, -0.25) is 9.59 Å². The molecule has 7 heteroatoms. The van der Waals surface area contributed by atoms with Crippen molar-refractivity contribution in [2.45, 2.75) is 59.4 Å². The molecule has 0 saturated heterocycles. The normalized spacial score (nSPS) is 15.4. The zero-order valence-corrected chi connectivity index (χ0v) is 18.7. The summed E-state index contributed by atoms with van der Waals surface area (Å²) in [5.74, 6) is -0.0312. The number of fused-ring (bicyclic) bond motifs is 1. The van der Waals surface area contributed by atoms with E-state index in [1.54, 1.807) is 10.7 Å². The molecule has 2 heterocycles. The molecule has 0 radical (unpaired) electrons. The Bertz CT molecular complexity index is 1200. The summed E-state index contributed by atoms with van der Waals surface area (Å²) in [5, 5.41) is 8.23. The molecule has 2 N–H and O–H groups in total. The lowest BCUT2D eigenvalue weighted by Gasteiger charge is -2.27. The third-order valence-electron chi connectivity index (χ3n) is 5.99. The van der Waals surface area contributed by atoms with E-state index in [9.17, 15) is 9.59 Å². The molecule has 1 amide bonds. The number of rotatable bonds is 4. The smallest absolute Gasteiger partial charge is 0.274 e. The molecule has 0 unspecified atom stereocenters. The van der Waals surface area contributed by atoms with Crippen molar-refractivity contribution in [3.63, 3.8) is 0 Å². The van der Waals surface area contributed by atoms with Gasteiger partial charge in [0.2, 0.25) is 0 Å². The van der Waals surface area contributed by atoms with Gasteiger partial charge in [0.25, 0.3) is 11.5 Å². The fourth-order valence-electron chi connectivity index (χ4n) is 3.42. The minimum atomic E-state index is -0.249. The number of aryl methyl sites for hydroxylation is 1. The van der Waals surface area contributed by atoms with Gasteiger partial charge in [0.05, 0.1) is 11.9 Å². The Morgan fingerprint density at radius 3 is 2.63 bits per heavy atom. The Morgan fingerprint density at radius 2 is 2.03 bits per heavy atom. The number of nitrogens with one attached hydrogen (secondary N) is 2. The number of aromatic nitrogens is 3. The average Bonchev–Trinajstić information content (AvgIpc) is 3.42. The van der Waals surface area contributed by atoms with Crippen LogP contribution in [0.4, 0.5) is 0 Å². The third kappa shape index (κ3) is 3.76. The fraction of sp³-hybridized carbons (Fsp3) is 0.435. The van der Waals surface area contributed by atoms with Crippen molar-refractivity contribution in [3.05, 3.63) is 56.6 Å². The number of H-pyrrole nitrogens is 1. The summed E-state index contributed by atoms with van der Waals surface area (Å²) < 4.78 is 1.55. The number of amides is 1. The molecular formula is C23H27ClN4O2. The largest absolute Gasteiger partial charge is 0.348 e. The molecule has 1 aliphatic rings. The van der Waals surface area contributed by atoms with E-state index in [1.807, 2.05) is 32.0 Å². The molecule has 1 saturated carbocycles. The lowest BCUT2D eigenvalue weighted by atomic mass is 9.88. The molecule has 1 aromatic carbocycles. The van der Waals surface area contributed by atoms with Crippen LogP contribution >= 0.6 is 11.6 Å². The molecule has 3 aromatic rings. The quantitative estimate of drug-likeness (QED) is 0.634. The van der Waals surface area contributed by atoms with Crippen LogP contribution in [0.25, 0.3) is 16.8 Å². The van der Waals surface area contributed by atoms with E-state index in [4.69, 9.17) is 11.6 Å². The Kier molecular flexibility index (Phi) is 5.01. The van der Waals surface area contributed by atoms with Crippen LogP contribution < -0.4 is 10.9 Å². The van der Waals surface area contributed by atoms with Gasteiger partial charge in [-0.2, -0.15) is 5.10 Å². The first-order chi connectivity index (χ1) is 14.1. The predicted molar refractivity (Wildman–Crippen MR) is 119 cm³/mol. The molecular weight excluding hydrogens is 400 g/mol. The van der Waals surface area contributed by atoms with Crippen LogP contribution in [-0.4, -0.2) is 26.5 Å². The molecule has 30 heavy (non-hydrogen) atoms. The second-order valence-electron chi connectivity index (χ2n) is 9.35. The maximum absolute atomic E-state index is 13.1. The monoisotopic (exact) mass is 426 g/mol. The lowest BCUT2D eigenvalue weighted by molar-refractivity contribution is 0.0903. The topological polar surface area (TPSA) is 79.3 Å². The van der Waals surface area contributed by atoms with Gasteiger partial charge in [-0.1, -0.05) is 44.5 Å². The second kappa shape index (κ2) is 7.27. The van der Waals surface area contributed by atoms with Gasteiger partial charge in [0.15, 0.2) is 5.69 Å². The Hall–Kier alpha value is -2.60. The van der Waals surface area contributed by atoms with Gasteiger partial charge >= 0.3 is 0 Å². The Balaban J connectivity index is 1.81. The van der Waals surface area contributed by atoms with E-state index >= 15 is 0 Å². The van der Waals surface area contributed by atoms with Gasteiger partial charge < -0.3 is 10.3 Å². The van der Waals surface area contributed by atoms with Gasteiger partial charge in [-0.25, -0.2) is 4.52 Å². The Morgan fingerprint density at radius 1 is 1.33 bits per heavy atom. The van der Waals surface area contributed by atoms with Gasteiger partial charge in [-0.15, -0.1) is 0 Å². The molecule has 1 aliphatic carbocycles. The highest BCUT2D eigenvalue weighted by Crippen LogP contribution is 2.43. The van der Waals surface area contributed by atoms with Crippen LogP contribution in [0.2, 0.25) is 5.02 Å². The van der Waals surface area contributed by atoms with Crippen molar-refractivity contribution in [2.75, 3.05) is 0 Å². The molecule has 0 aliphatic heterocycles. The minimum absolute atomic E-state index is 0.0367.